The molecule has 0 aliphatic carbocycles. The van der Waals surface area contributed by atoms with Crippen molar-refractivity contribution in [1.82, 2.24) is 0 Å². The topological polar surface area (TPSA) is 44.5 Å². The number of nitrogen functional groups attached to an aromatic ring is 1. The zero-order valence-corrected chi connectivity index (χ0v) is 14.2. The van der Waals surface area contributed by atoms with Crippen molar-refractivity contribution in [3.63, 3.8) is 0 Å². The van der Waals surface area contributed by atoms with Crippen LogP contribution in [0, 0.1) is 6.92 Å². The fourth-order valence-electron chi connectivity index (χ4n) is 2.77. The Hall–Kier alpha value is -2.94. The molecule has 0 amide bonds. The summed E-state index contributed by atoms with van der Waals surface area (Å²) in [5.74, 6) is 1.53. The average Bonchev–Trinajstić information content (AvgIpc) is 2.62. The molecule has 3 aromatic rings. The molecule has 0 spiro atoms. The van der Waals surface area contributed by atoms with Crippen LogP contribution in [-0.2, 0) is 0 Å². The van der Waals surface area contributed by atoms with Crippen molar-refractivity contribution >= 4 is 5.69 Å². The average molecular weight is 319 g/mol. The van der Waals surface area contributed by atoms with Gasteiger partial charge in [-0.05, 0) is 42.3 Å². The molecule has 0 fully saturated rings. The van der Waals surface area contributed by atoms with Crippen molar-refractivity contribution in [2.75, 3.05) is 20.0 Å². The third kappa shape index (κ3) is 3.06. The highest BCUT2D eigenvalue weighted by molar-refractivity contribution is 5.80. The molecule has 0 aliphatic rings. The lowest BCUT2D eigenvalue weighted by molar-refractivity contribution is 0.410. The zero-order valence-electron chi connectivity index (χ0n) is 14.2. The first-order valence-corrected chi connectivity index (χ1v) is 7.81. The lowest BCUT2D eigenvalue weighted by Crippen LogP contribution is -1.94. The van der Waals surface area contributed by atoms with Crippen LogP contribution in [0.4, 0.5) is 5.69 Å². The summed E-state index contributed by atoms with van der Waals surface area (Å²) in [6, 6.07) is 20.3. The second-order valence-electron chi connectivity index (χ2n) is 5.74. The van der Waals surface area contributed by atoms with E-state index in [1.165, 1.54) is 5.56 Å². The number of aryl methyl sites for hydroxylation is 1. The van der Waals surface area contributed by atoms with E-state index in [4.69, 9.17) is 15.2 Å². The van der Waals surface area contributed by atoms with Gasteiger partial charge in [0.2, 0.25) is 0 Å². The van der Waals surface area contributed by atoms with Gasteiger partial charge >= 0.3 is 0 Å². The predicted molar refractivity (Wildman–Crippen MR) is 99.6 cm³/mol. The van der Waals surface area contributed by atoms with E-state index in [0.717, 1.165) is 33.8 Å². The van der Waals surface area contributed by atoms with Gasteiger partial charge in [-0.1, -0.05) is 35.9 Å². The maximum Gasteiger partial charge on any atom is 0.128 e. The predicted octanol–water partition coefficient (Wildman–Crippen LogP) is 4.93. The van der Waals surface area contributed by atoms with E-state index in [1.54, 1.807) is 14.2 Å². The number of benzene rings is 3. The Kier molecular flexibility index (Phi) is 4.43. The standard InChI is InChI=1S/C21H21NO2/c1-14-4-6-15(7-5-14)16-8-10-18(20(12-16)23-2)19-11-9-17(22)13-21(19)24-3/h4-13H,22H2,1-3H3. The summed E-state index contributed by atoms with van der Waals surface area (Å²) >= 11 is 0. The van der Waals surface area contributed by atoms with Crippen molar-refractivity contribution in [1.29, 1.82) is 0 Å². The van der Waals surface area contributed by atoms with Crippen molar-refractivity contribution in [2.24, 2.45) is 0 Å². The Balaban J connectivity index is 2.09. The molecule has 24 heavy (non-hydrogen) atoms. The highest BCUT2D eigenvalue weighted by Gasteiger charge is 2.13. The van der Waals surface area contributed by atoms with E-state index < -0.39 is 0 Å². The number of hydrogen-bond donors (Lipinski definition) is 1. The summed E-state index contributed by atoms with van der Waals surface area (Å²) in [4.78, 5) is 0. The first kappa shape index (κ1) is 15.9. The molecule has 0 atom stereocenters. The number of hydrogen-bond acceptors (Lipinski definition) is 3. The van der Waals surface area contributed by atoms with Gasteiger partial charge in [-0.25, -0.2) is 0 Å². The van der Waals surface area contributed by atoms with Crippen molar-refractivity contribution < 1.29 is 9.47 Å². The van der Waals surface area contributed by atoms with Gasteiger partial charge in [0.15, 0.2) is 0 Å². The largest absolute Gasteiger partial charge is 0.496 e. The molecule has 0 aliphatic heterocycles. The smallest absolute Gasteiger partial charge is 0.128 e. The highest BCUT2D eigenvalue weighted by atomic mass is 16.5. The van der Waals surface area contributed by atoms with Crippen LogP contribution < -0.4 is 15.2 Å². The van der Waals surface area contributed by atoms with Gasteiger partial charge in [0.1, 0.15) is 11.5 Å². The summed E-state index contributed by atoms with van der Waals surface area (Å²) in [7, 11) is 3.33. The lowest BCUT2D eigenvalue weighted by atomic mass is 9.98. The lowest BCUT2D eigenvalue weighted by Gasteiger charge is -2.14. The number of ether oxygens (including phenoxy) is 2. The normalized spacial score (nSPS) is 10.5. The van der Waals surface area contributed by atoms with E-state index in [2.05, 4.69) is 49.4 Å². The Morgan fingerprint density at radius 2 is 1.21 bits per heavy atom. The SMILES string of the molecule is COc1cc(N)ccc1-c1ccc(-c2ccc(C)cc2)cc1OC. The van der Waals surface area contributed by atoms with Crippen LogP contribution in [0.15, 0.2) is 60.7 Å². The molecular formula is C21H21NO2. The Morgan fingerprint density at radius 1 is 0.667 bits per heavy atom. The van der Waals surface area contributed by atoms with E-state index >= 15 is 0 Å². The first-order chi connectivity index (χ1) is 11.6. The molecule has 0 heterocycles. The molecule has 0 bridgehead atoms. The van der Waals surface area contributed by atoms with Crippen LogP contribution in [0.1, 0.15) is 5.56 Å². The van der Waals surface area contributed by atoms with Crippen LogP contribution >= 0.6 is 0 Å². The van der Waals surface area contributed by atoms with Crippen LogP contribution in [0.25, 0.3) is 22.3 Å². The fourth-order valence-corrected chi connectivity index (χ4v) is 2.77. The third-order valence-electron chi connectivity index (χ3n) is 4.10. The molecule has 0 unspecified atom stereocenters. The second-order valence-corrected chi connectivity index (χ2v) is 5.74. The van der Waals surface area contributed by atoms with Gasteiger partial charge in [0.05, 0.1) is 14.2 Å². The summed E-state index contributed by atoms with van der Waals surface area (Å²) < 4.78 is 11.1. The fraction of sp³-hybridized carbons (Fsp3) is 0.143. The molecule has 122 valence electrons. The molecular weight excluding hydrogens is 298 g/mol. The van der Waals surface area contributed by atoms with Gasteiger partial charge < -0.3 is 15.2 Å². The van der Waals surface area contributed by atoms with E-state index in [-0.39, 0.29) is 0 Å². The molecule has 0 radical (unpaired) electrons. The maximum atomic E-state index is 5.85. The number of methoxy groups -OCH3 is 2. The number of anilines is 1. The van der Waals surface area contributed by atoms with Crippen molar-refractivity contribution in [2.45, 2.75) is 6.92 Å². The quantitative estimate of drug-likeness (QED) is 0.694. The van der Waals surface area contributed by atoms with Gasteiger partial charge in [-0.2, -0.15) is 0 Å². The summed E-state index contributed by atoms with van der Waals surface area (Å²) in [5.41, 5.74) is 12.0. The van der Waals surface area contributed by atoms with E-state index in [1.807, 2.05) is 18.2 Å². The first-order valence-electron chi connectivity index (χ1n) is 7.81. The van der Waals surface area contributed by atoms with Crippen molar-refractivity contribution in [3.05, 3.63) is 66.2 Å². The summed E-state index contributed by atoms with van der Waals surface area (Å²) in [5, 5.41) is 0. The monoisotopic (exact) mass is 319 g/mol. The number of rotatable bonds is 4. The summed E-state index contributed by atoms with van der Waals surface area (Å²) in [6.07, 6.45) is 0. The maximum absolute atomic E-state index is 5.85. The third-order valence-corrected chi connectivity index (χ3v) is 4.10. The highest BCUT2D eigenvalue weighted by Crippen LogP contribution is 2.39. The Bertz CT molecular complexity index is 854. The van der Waals surface area contributed by atoms with E-state index in [9.17, 15) is 0 Å². The van der Waals surface area contributed by atoms with Gasteiger partial charge in [-0.15, -0.1) is 0 Å². The molecule has 3 nitrogen and oxygen atoms in total. The van der Waals surface area contributed by atoms with Crippen LogP contribution in [0.2, 0.25) is 0 Å². The van der Waals surface area contributed by atoms with Crippen molar-refractivity contribution in [3.8, 4) is 33.8 Å². The van der Waals surface area contributed by atoms with Crippen LogP contribution in [-0.4, -0.2) is 14.2 Å². The zero-order chi connectivity index (χ0) is 17.1. The number of nitrogens with two attached hydrogens (primary N) is 1. The molecule has 0 aromatic heterocycles. The second kappa shape index (κ2) is 6.67. The molecule has 2 N–H and O–H groups in total. The minimum Gasteiger partial charge on any atom is -0.496 e. The van der Waals surface area contributed by atoms with Gasteiger partial charge in [0.25, 0.3) is 0 Å². The van der Waals surface area contributed by atoms with Crippen LogP contribution in [0.5, 0.6) is 11.5 Å². The van der Waals surface area contributed by atoms with Gasteiger partial charge in [-0.3, -0.25) is 0 Å². The Morgan fingerprint density at radius 3 is 1.83 bits per heavy atom. The summed E-state index contributed by atoms with van der Waals surface area (Å²) in [6.45, 7) is 2.08. The Labute approximate surface area is 142 Å². The van der Waals surface area contributed by atoms with Crippen LogP contribution in [0.3, 0.4) is 0 Å². The molecule has 0 saturated heterocycles. The molecule has 3 rings (SSSR count). The molecule has 3 heteroatoms. The molecule has 0 saturated carbocycles. The van der Waals surface area contributed by atoms with E-state index in [0.29, 0.717) is 5.69 Å². The molecule has 3 aromatic carbocycles. The van der Waals surface area contributed by atoms with Gasteiger partial charge in [0, 0.05) is 22.9 Å². The minimum absolute atomic E-state index is 0.672. The minimum atomic E-state index is 0.672.